The second-order valence-corrected chi connectivity index (χ2v) is 5.26. The molecule has 0 aromatic carbocycles. The van der Waals surface area contributed by atoms with Crippen molar-refractivity contribution in [1.82, 2.24) is 0 Å². The Morgan fingerprint density at radius 3 is 1.83 bits per heavy atom. The highest BCUT2D eigenvalue weighted by Crippen LogP contribution is 2.33. The van der Waals surface area contributed by atoms with Gasteiger partial charge in [-0.3, -0.25) is 0 Å². The van der Waals surface area contributed by atoms with Crippen LogP contribution in [0.4, 0.5) is 0 Å². The zero-order valence-corrected chi connectivity index (χ0v) is 6.23. The van der Waals surface area contributed by atoms with E-state index in [2.05, 4.69) is 22.6 Å². The molecule has 0 nitrogen and oxygen atoms in total. The van der Waals surface area contributed by atoms with Crippen molar-refractivity contribution >= 4 is 25.0 Å². The molecule has 0 N–H and O–H groups in total. The van der Waals surface area contributed by atoms with E-state index in [4.69, 9.17) is 7.85 Å². The van der Waals surface area contributed by atoms with Crippen molar-refractivity contribution in [3.63, 3.8) is 0 Å². The van der Waals surface area contributed by atoms with Gasteiger partial charge in [0.15, 0.2) is 0 Å². The molecular formula is C3H9BP2. The predicted octanol–water partition coefficient (Wildman–Crippen LogP) is 1.06. The average molecular weight is 118 g/mol. The highest BCUT2D eigenvalue weighted by molar-refractivity contribution is 7.66. The van der Waals surface area contributed by atoms with E-state index in [0.29, 0.717) is 5.30 Å². The summed E-state index contributed by atoms with van der Waals surface area (Å²) in [6, 6.07) is 0. The Morgan fingerprint density at radius 1 is 1.67 bits per heavy atom. The van der Waals surface area contributed by atoms with Gasteiger partial charge in [0.1, 0.15) is 0 Å². The molecule has 0 saturated heterocycles. The van der Waals surface area contributed by atoms with Gasteiger partial charge in [-0.1, -0.05) is 0 Å². The molecule has 2 unspecified atom stereocenters. The van der Waals surface area contributed by atoms with Gasteiger partial charge < -0.3 is 0 Å². The summed E-state index contributed by atoms with van der Waals surface area (Å²) >= 11 is 0. The number of hydrogen-bond donors (Lipinski definition) is 0. The van der Waals surface area contributed by atoms with Crippen LogP contribution >= 0.6 is 17.2 Å². The molecule has 0 rings (SSSR count). The van der Waals surface area contributed by atoms with Gasteiger partial charge in [0.25, 0.3) is 0 Å². The normalized spacial score (nSPS) is 15.3. The van der Waals surface area contributed by atoms with E-state index in [0.717, 1.165) is 0 Å². The van der Waals surface area contributed by atoms with Crippen molar-refractivity contribution in [3.8, 4) is 0 Å². The minimum absolute atomic E-state index is 0.0813. The van der Waals surface area contributed by atoms with Crippen molar-refractivity contribution < 1.29 is 0 Å². The Morgan fingerprint density at radius 2 is 1.83 bits per heavy atom. The third-order valence-electron chi connectivity index (χ3n) is 0.596. The van der Waals surface area contributed by atoms with Crippen molar-refractivity contribution in [2.75, 3.05) is 13.3 Å². The van der Waals surface area contributed by atoms with Crippen LogP contribution in [0, 0.1) is 0 Å². The van der Waals surface area contributed by atoms with Crippen LogP contribution in [0.25, 0.3) is 0 Å². The molecule has 0 aromatic heterocycles. The third-order valence-corrected chi connectivity index (χ3v) is 3.58. The highest BCUT2D eigenvalue weighted by atomic mass is 31.2. The topological polar surface area (TPSA) is 0 Å². The van der Waals surface area contributed by atoms with Gasteiger partial charge in [-0.25, -0.2) is 0 Å². The fourth-order valence-electron chi connectivity index (χ4n) is 0. The molecule has 2 atom stereocenters. The van der Waals surface area contributed by atoms with Crippen LogP contribution in [0.5, 0.6) is 0 Å². The largest absolute Gasteiger partial charge is 0.139 e. The summed E-state index contributed by atoms with van der Waals surface area (Å²) in [5.74, 6) is 0. The van der Waals surface area contributed by atoms with Crippen LogP contribution in [0.3, 0.4) is 0 Å². The summed E-state index contributed by atoms with van der Waals surface area (Å²) in [5.41, 5.74) is 0. The lowest BCUT2D eigenvalue weighted by Crippen LogP contribution is -1.88. The van der Waals surface area contributed by atoms with Crippen LogP contribution in [-0.2, 0) is 0 Å². The lowest BCUT2D eigenvalue weighted by atomic mass is 10.2. The lowest BCUT2D eigenvalue weighted by molar-refractivity contribution is 1.90. The first kappa shape index (κ1) is 6.92. The Bertz CT molecular complexity index is 29.8. The van der Waals surface area contributed by atoms with Gasteiger partial charge in [-0.15, -0.1) is 17.2 Å². The van der Waals surface area contributed by atoms with Gasteiger partial charge >= 0.3 is 0 Å². The van der Waals surface area contributed by atoms with Crippen molar-refractivity contribution in [2.24, 2.45) is 0 Å². The average Bonchev–Trinajstić information content (AvgIpc) is 1.36. The molecule has 0 aliphatic heterocycles. The van der Waals surface area contributed by atoms with Crippen LogP contribution in [0.2, 0.25) is 0 Å². The number of hydrogen-bond acceptors (Lipinski definition) is 0. The summed E-state index contributed by atoms with van der Waals surface area (Å²) in [7, 11) is 8.09. The molecule has 6 heavy (non-hydrogen) atoms. The van der Waals surface area contributed by atoms with Crippen molar-refractivity contribution in [2.45, 2.75) is 5.30 Å². The second-order valence-electron chi connectivity index (χ2n) is 1.45. The third kappa shape index (κ3) is 3.13. The molecule has 0 amide bonds. The van der Waals surface area contributed by atoms with E-state index in [1.165, 1.54) is 0 Å². The molecule has 0 fully saturated rings. The van der Waals surface area contributed by atoms with Crippen molar-refractivity contribution in [3.05, 3.63) is 0 Å². The minimum atomic E-state index is 0.0813. The SMILES string of the molecule is [B]C(P)P(C)C. The minimum Gasteiger partial charge on any atom is -0.139 e. The molecule has 0 saturated carbocycles. The van der Waals surface area contributed by atoms with Crippen LogP contribution < -0.4 is 0 Å². The Labute approximate surface area is 44.5 Å². The fraction of sp³-hybridized carbons (Fsp3) is 1.00. The maximum atomic E-state index is 5.43. The zero-order chi connectivity index (χ0) is 5.15. The smallest absolute Gasteiger partial charge is 0.0819 e. The monoisotopic (exact) mass is 118 g/mol. The molecule has 0 aromatic rings. The Balaban J connectivity index is 2.99. The van der Waals surface area contributed by atoms with Gasteiger partial charge in [0.05, 0.1) is 7.85 Å². The summed E-state index contributed by atoms with van der Waals surface area (Å²) in [5, 5.41) is 0.333. The summed E-state index contributed by atoms with van der Waals surface area (Å²) in [4.78, 5) is 0. The standard InChI is InChI=1S/C3H9BP2/c1-6(2)3(4)5/h3H,5H2,1-2H3. The zero-order valence-electron chi connectivity index (χ0n) is 4.18. The summed E-state index contributed by atoms with van der Waals surface area (Å²) in [6.07, 6.45) is 0. The molecule has 0 bridgehead atoms. The van der Waals surface area contributed by atoms with E-state index in [1.54, 1.807) is 0 Å². The molecule has 0 aliphatic rings. The van der Waals surface area contributed by atoms with Crippen LogP contribution in [0.15, 0.2) is 0 Å². The molecule has 0 heterocycles. The Hall–Kier alpha value is 0.925. The van der Waals surface area contributed by atoms with E-state index in [1.807, 2.05) is 0 Å². The molecular weight excluding hydrogens is 109 g/mol. The summed E-state index contributed by atoms with van der Waals surface area (Å²) < 4.78 is 0. The maximum absolute atomic E-state index is 5.43. The molecule has 0 spiro atoms. The highest BCUT2D eigenvalue weighted by Gasteiger charge is 1.94. The van der Waals surface area contributed by atoms with Crippen molar-refractivity contribution in [1.29, 1.82) is 0 Å². The van der Waals surface area contributed by atoms with Gasteiger partial charge in [0.2, 0.25) is 0 Å². The van der Waals surface area contributed by atoms with Gasteiger partial charge in [-0.2, -0.15) is 0 Å². The lowest BCUT2D eigenvalue weighted by Gasteiger charge is -2.07. The second kappa shape index (κ2) is 3.00. The van der Waals surface area contributed by atoms with E-state index in [-0.39, 0.29) is 7.92 Å². The molecule has 0 aliphatic carbocycles. The van der Waals surface area contributed by atoms with E-state index >= 15 is 0 Å². The Kier molecular flexibility index (Phi) is 3.46. The maximum Gasteiger partial charge on any atom is 0.0819 e. The summed E-state index contributed by atoms with van der Waals surface area (Å²) in [6.45, 7) is 4.32. The van der Waals surface area contributed by atoms with E-state index in [9.17, 15) is 0 Å². The van der Waals surface area contributed by atoms with Gasteiger partial charge in [-0.05, 0) is 18.6 Å². The molecule has 2 radical (unpaired) electrons. The first-order valence-electron chi connectivity index (χ1n) is 1.82. The van der Waals surface area contributed by atoms with Crippen LogP contribution in [-0.4, -0.2) is 26.5 Å². The number of rotatable bonds is 1. The van der Waals surface area contributed by atoms with Crippen LogP contribution in [0.1, 0.15) is 0 Å². The first-order valence-corrected chi connectivity index (χ1v) is 4.79. The molecule has 34 valence electrons. The fourth-order valence-corrected chi connectivity index (χ4v) is 0. The first-order chi connectivity index (χ1) is 2.64. The van der Waals surface area contributed by atoms with E-state index < -0.39 is 0 Å². The quantitative estimate of drug-likeness (QED) is 0.356. The predicted molar refractivity (Wildman–Crippen MR) is 38.0 cm³/mol. The van der Waals surface area contributed by atoms with Gasteiger partial charge in [0, 0.05) is 0 Å². The molecule has 3 heteroatoms.